The summed E-state index contributed by atoms with van der Waals surface area (Å²) in [6.07, 6.45) is 2.55. The Morgan fingerprint density at radius 3 is 2.48 bits per heavy atom. The van der Waals surface area contributed by atoms with Crippen molar-refractivity contribution in [3.63, 3.8) is 0 Å². The van der Waals surface area contributed by atoms with Crippen LogP contribution in [0.2, 0.25) is 5.02 Å². The van der Waals surface area contributed by atoms with Crippen LogP contribution in [0.3, 0.4) is 0 Å². The third kappa shape index (κ3) is 4.42. The number of nitrogens with two attached hydrogens (primary N) is 1. The Balaban J connectivity index is 3.21. The number of sulfonamides is 1. The first-order valence-electron chi connectivity index (χ1n) is 7.38. The zero-order chi connectivity index (χ0) is 16.0. The van der Waals surface area contributed by atoms with Crippen molar-refractivity contribution >= 4 is 21.6 Å². The van der Waals surface area contributed by atoms with E-state index in [2.05, 4.69) is 0 Å². The fourth-order valence-electron chi connectivity index (χ4n) is 2.10. The second-order valence-electron chi connectivity index (χ2n) is 5.20. The molecule has 6 heteroatoms. The quantitative estimate of drug-likeness (QED) is 0.793. The van der Waals surface area contributed by atoms with Crippen LogP contribution < -0.4 is 5.73 Å². The molecule has 0 aromatic heterocycles. The molecule has 1 unspecified atom stereocenters. The monoisotopic (exact) mass is 332 g/mol. The fourth-order valence-corrected chi connectivity index (χ4v) is 4.39. The third-order valence-corrected chi connectivity index (χ3v) is 6.13. The Labute approximate surface area is 133 Å². The Morgan fingerprint density at radius 2 is 2.00 bits per heavy atom. The first-order chi connectivity index (χ1) is 9.88. The van der Waals surface area contributed by atoms with E-state index in [1.807, 2.05) is 20.8 Å². The zero-order valence-electron chi connectivity index (χ0n) is 13.0. The van der Waals surface area contributed by atoms with Crippen molar-refractivity contribution < 1.29 is 8.42 Å². The summed E-state index contributed by atoms with van der Waals surface area (Å²) in [7, 11) is -3.58. The van der Waals surface area contributed by atoms with Crippen molar-refractivity contribution in [3.05, 3.63) is 28.8 Å². The lowest BCUT2D eigenvalue weighted by atomic mass is 10.2. The van der Waals surface area contributed by atoms with Gasteiger partial charge < -0.3 is 5.73 Å². The smallest absolute Gasteiger partial charge is 0.244 e. The molecule has 2 N–H and O–H groups in total. The number of benzene rings is 1. The van der Waals surface area contributed by atoms with Crippen molar-refractivity contribution in [2.45, 2.75) is 57.5 Å². The van der Waals surface area contributed by atoms with Crippen LogP contribution in [0.4, 0.5) is 0 Å². The van der Waals surface area contributed by atoms with Gasteiger partial charge in [-0.3, -0.25) is 0 Å². The molecule has 0 aliphatic carbocycles. The van der Waals surface area contributed by atoms with Crippen LogP contribution in [0, 0.1) is 0 Å². The molecule has 0 fully saturated rings. The predicted octanol–water partition coefficient (Wildman–Crippen LogP) is 3.39. The van der Waals surface area contributed by atoms with Crippen LogP contribution in [0.25, 0.3) is 0 Å². The maximum absolute atomic E-state index is 12.9. The number of hydrogen-bond acceptors (Lipinski definition) is 3. The van der Waals surface area contributed by atoms with Crippen molar-refractivity contribution in [2.75, 3.05) is 6.54 Å². The highest BCUT2D eigenvalue weighted by molar-refractivity contribution is 7.89. The van der Waals surface area contributed by atoms with E-state index >= 15 is 0 Å². The third-order valence-electron chi connectivity index (χ3n) is 3.63. The van der Waals surface area contributed by atoms with Gasteiger partial charge in [0, 0.05) is 19.1 Å². The summed E-state index contributed by atoms with van der Waals surface area (Å²) in [6, 6.07) is 4.85. The van der Waals surface area contributed by atoms with Crippen LogP contribution in [-0.4, -0.2) is 25.3 Å². The molecule has 1 aromatic rings. The summed E-state index contributed by atoms with van der Waals surface area (Å²) < 4.78 is 27.3. The lowest BCUT2D eigenvalue weighted by Crippen LogP contribution is -2.39. The van der Waals surface area contributed by atoms with E-state index in [9.17, 15) is 8.42 Å². The van der Waals surface area contributed by atoms with Gasteiger partial charge in [0.15, 0.2) is 0 Å². The molecule has 0 aliphatic heterocycles. The average Bonchev–Trinajstić information content (AvgIpc) is 2.46. The van der Waals surface area contributed by atoms with Gasteiger partial charge in [0.2, 0.25) is 10.0 Å². The van der Waals surface area contributed by atoms with Gasteiger partial charge in [0.1, 0.15) is 4.90 Å². The lowest BCUT2D eigenvalue weighted by Gasteiger charge is -2.28. The van der Waals surface area contributed by atoms with Gasteiger partial charge in [-0.15, -0.1) is 0 Å². The second kappa shape index (κ2) is 8.13. The molecule has 1 rings (SSSR count). The summed E-state index contributed by atoms with van der Waals surface area (Å²) in [6.45, 7) is 6.81. The number of hydrogen-bond donors (Lipinski definition) is 1. The second-order valence-corrected chi connectivity index (χ2v) is 7.46. The molecule has 21 heavy (non-hydrogen) atoms. The minimum Gasteiger partial charge on any atom is -0.326 e. The first kappa shape index (κ1) is 18.4. The van der Waals surface area contributed by atoms with Crippen LogP contribution in [-0.2, 0) is 16.6 Å². The topological polar surface area (TPSA) is 63.4 Å². The van der Waals surface area contributed by atoms with Crippen LogP contribution in [0.1, 0.15) is 45.6 Å². The number of halogens is 1. The number of unbranched alkanes of at least 4 members (excludes halogenated alkanes) is 1. The van der Waals surface area contributed by atoms with Crippen LogP contribution in [0.5, 0.6) is 0 Å². The summed E-state index contributed by atoms with van der Waals surface area (Å²) in [5, 5.41) is 0.239. The van der Waals surface area contributed by atoms with Gasteiger partial charge in [-0.2, -0.15) is 4.31 Å². The largest absolute Gasteiger partial charge is 0.326 e. The molecule has 1 aromatic carbocycles. The van der Waals surface area contributed by atoms with E-state index in [-0.39, 0.29) is 16.0 Å². The van der Waals surface area contributed by atoms with Crippen LogP contribution in [0.15, 0.2) is 23.1 Å². The summed E-state index contributed by atoms with van der Waals surface area (Å²) in [5.74, 6) is 0. The Bertz CT molecular complexity index is 561. The van der Waals surface area contributed by atoms with Gasteiger partial charge >= 0.3 is 0 Å². The molecule has 0 amide bonds. The Morgan fingerprint density at radius 1 is 1.33 bits per heavy atom. The van der Waals surface area contributed by atoms with Crippen molar-refractivity contribution in [1.29, 1.82) is 0 Å². The van der Waals surface area contributed by atoms with Gasteiger partial charge in [0.05, 0.1) is 5.02 Å². The van der Waals surface area contributed by atoms with Crippen molar-refractivity contribution in [1.82, 2.24) is 4.31 Å². The molecule has 4 nitrogen and oxygen atoms in total. The van der Waals surface area contributed by atoms with E-state index in [1.165, 1.54) is 0 Å². The molecule has 1 atom stereocenters. The highest BCUT2D eigenvalue weighted by atomic mass is 35.5. The molecule has 0 saturated heterocycles. The van der Waals surface area contributed by atoms with E-state index in [0.29, 0.717) is 13.1 Å². The van der Waals surface area contributed by atoms with E-state index in [4.69, 9.17) is 17.3 Å². The van der Waals surface area contributed by atoms with E-state index < -0.39 is 10.0 Å². The zero-order valence-corrected chi connectivity index (χ0v) is 14.5. The van der Waals surface area contributed by atoms with Gasteiger partial charge in [-0.25, -0.2) is 8.42 Å². The molecule has 0 bridgehead atoms. The first-order valence-corrected chi connectivity index (χ1v) is 9.20. The molecule has 0 saturated carbocycles. The molecule has 0 radical (unpaired) electrons. The molecular weight excluding hydrogens is 308 g/mol. The summed E-state index contributed by atoms with van der Waals surface area (Å²) in [5.41, 5.74) is 6.38. The van der Waals surface area contributed by atoms with Crippen LogP contribution >= 0.6 is 11.6 Å². The molecule has 0 aliphatic rings. The maximum atomic E-state index is 12.9. The highest BCUT2D eigenvalue weighted by Crippen LogP contribution is 2.27. The predicted molar refractivity (Wildman–Crippen MR) is 87.9 cm³/mol. The Kier molecular flexibility index (Phi) is 7.13. The summed E-state index contributed by atoms with van der Waals surface area (Å²) in [4.78, 5) is 0.165. The Hall–Kier alpha value is -0.620. The average molecular weight is 333 g/mol. The van der Waals surface area contributed by atoms with Gasteiger partial charge in [-0.05, 0) is 37.5 Å². The number of nitrogens with zero attached hydrogens (tertiary/aromatic N) is 1. The minimum atomic E-state index is -3.58. The van der Waals surface area contributed by atoms with E-state index in [1.54, 1.807) is 22.5 Å². The molecule has 0 heterocycles. The molecule has 0 spiro atoms. The summed E-state index contributed by atoms with van der Waals surface area (Å²) >= 11 is 6.16. The maximum Gasteiger partial charge on any atom is 0.244 e. The fraction of sp³-hybridized carbons (Fsp3) is 0.600. The minimum absolute atomic E-state index is 0.0493. The number of rotatable bonds is 8. The van der Waals surface area contributed by atoms with Crippen molar-refractivity contribution in [3.8, 4) is 0 Å². The molecule has 120 valence electrons. The highest BCUT2D eigenvalue weighted by Gasteiger charge is 2.29. The van der Waals surface area contributed by atoms with Gasteiger partial charge in [0.25, 0.3) is 0 Å². The van der Waals surface area contributed by atoms with Gasteiger partial charge in [-0.1, -0.05) is 37.9 Å². The SMILES string of the molecule is CCCCN(C(C)CC)S(=O)(=O)c1ccc(CN)cc1Cl. The normalized spacial score (nSPS) is 13.6. The van der Waals surface area contributed by atoms with E-state index in [0.717, 1.165) is 24.8 Å². The molecular formula is C15H25ClN2O2S. The standard InChI is InChI=1S/C15H25ClN2O2S/c1-4-6-9-18(12(3)5-2)21(19,20)15-8-7-13(11-17)10-14(15)16/h7-8,10,12H,4-6,9,11,17H2,1-3H3. The lowest BCUT2D eigenvalue weighted by molar-refractivity contribution is 0.324. The van der Waals surface area contributed by atoms with Crippen molar-refractivity contribution in [2.24, 2.45) is 5.73 Å².